The van der Waals surface area contributed by atoms with Crippen LogP contribution in [0.1, 0.15) is 0 Å². The van der Waals surface area contributed by atoms with Crippen LogP contribution in [0, 0.1) is 0 Å². The molecule has 0 aliphatic heterocycles. The van der Waals surface area contributed by atoms with Gasteiger partial charge in [0, 0.05) is 0 Å². The van der Waals surface area contributed by atoms with Gasteiger partial charge in [-0.25, -0.2) is 4.57 Å². The molecule has 0 aliphatic carbocycles. The van der Waals surface area contributed by atoms with Crippen molar-refractivity contribution in [2.24, 2.45) is 0 Å². The van der Waals surface area contributed by atoms with Gasteiger partial charge in [-0.15, -0.1) is 0 Å². The van der Waals surface area contributed by atoms with Gasteiger partial charge in [0.1, 0.15) is 0 Å². The van der Waals surface area contributed by atoms with Crippen LogP contribution in [0.5, 0.6) is 0 Å². The third kappa shape index (κ3) is 58.6. The molecule has 0 heterocycles. The van der Waals surface area contributed by atoms with E-state index in [0.717, 1.165) is 0 Å². The normalized spacial score (nSPS) is 8.25. The van der Waals surface area contributed by atoms with E-state index < -0.39 is 57.7 Å². The summed E-state index contributed by atoms with van der Waals surface area (Å²) in [4.78, 5) is 21.6. The minimum absolute atomic E-state index is 0. The quantitative estimate of drug-likeness (QED) is 0.324. The standard InChI is InChI=1S/FH.2K.H3O4P.H/c;;;1-5(2,3)4;/h1H;;;(H3,1,2,3,4);/q;;+1;;/p-1. The molecule has 0 radical (unpaired) electrons. The molecule has 0 saturated carbocycles. The van der Waals surface area contributed by atoms with E-state index in [1.165, 1.54) is 0 Å². The van der Waals surface area contributed by atoms with E-state index in [-0.39, 0.29) is 51.4 Å². The molecule has 0 aromatic heterocycles. The van der Waals surface area contributed by atoms with Crippen LogP contribution in [0.3, 0.4) is 0 Å². The fourth-order valence-electron chi connectivity index (χ4n) is 0. The van der Waals surface area contributed by atoms with Gasteiger partial charge in [-0.2, -0.15) is 0 Å². The third-order valence-corrected chi connectivity index (χ3v) is 0. The molecular formula is H4FK2O4P. The van der Waals surface area contributed by atoms with Crippen molar-refractivity contribution in [3.05, 3.63) is 0 Å². The Morgan fingerprint density at radius 1 is 1.25 bits per heavy atom. The SMILES string of the molecule is O=P(O)(O)O.[F][K].[KH]. The van der Waals surface area contributed by atoms with E-state index in [0.29, 0.717) is 0 Å². The number of phosphoric acid groups is 1. The Hall–Kier alpha value is 3.31. The van der Waals surface area contributed by atoms with E-state index in [2.05, 4.69) is 0 Å². The minimum atomic E-state index is -4.64. The van der Waals surface area contributed by atoms with Crippen LogP contribution in [0.2, 0.25) is 0 Å². The molecule has 42 valence electrons. The van der Waals surface area contributed by atoms with Crippen LogP contribution >= 0.6 is 7.82 Å². The second-order valence-electron chi connectivity index (χ2n) is 0.513. The number of halogens is 1. The molecule has 8 heteroatoms. The van der Waals surface area contributed by atoms with Gasteiger partial charge >= 0.3 is 109 Å². The van der Waals surface area contributed by atoms with Crippen LogP contribution in [0.15, 0.2) is 0 Å². The Bertz CT molecular complexity index is 60.2. The van der Waals surface area contributed by atoms with Crippen molar-refractivity contribution in [3.63, 3.8) is 0 Å². The molecule has 0 amide bonds. The average molecular weight is 196 g/mol. The predicted molar refractivity (Wildman–Crippen MR) is 28.3 cm³/mol. The second kappa shape index (κ2) is 10.3. The molecule has 0 bridgehead atoms. The zero-order valence-corrected chi connectivity index (χ0v) is 7.59. The van der Waals surface area contributed by atoms with Crippen molar-refractivity contribution in [2.45, 2.75) is 0 Å². The molecule has 3 N–H and O–H groups in total. The monoisotopic (exact) mass is 196 g/mol. The van der Waals surface area contributed by atoms with Crippen LogP contribution in [0.25, 0.3) is 0 Å². The van der Waals surface area contributed by atoms with Crippen molar-refractivity contribution in [2.75, 3.05) is 0 Å². The van der Waals surface area contributed by atoms with Gasteiger partial charge in [-0.3, -0.25) is 0 Å². The summed E-state index contributed by atoms with van der Waals surface area (Å²) in [5, 5.41) is 0. The van der Waals surface area contributed by atoms with Crippen molar-refractivity contribution in [3.8, 4) is 0 Å². The average Bonchev–Trinajstić information content (AvgIpc) is 1.36. The van der Waals surface area contributed by atoms with Gasteiger partial charge in [0.05, 0.1) is 0 Å². The summed E-state index contributed by atoms with van der Waals surface area (Å²) in [5.74, 6) is 0. The van der Waals surface area contributed by atoms with Gasteiger partial charge in [0.2, 0.25) is 0 Å². The third-order valence-electron chi connectivity index (χ3n) is 0. The van der Waals surface area contributed by atoms with Gasteiger partial charge in [-0.1, -0.05) is 0 Å². The summed E-state index contributed by atoms with van der Waals surface area (Å²) in [6.45, 7) is 0. The van der Waals surface area contributed by atoms with Crippen molar-refractivity contribution >= 4 is 109 Å². The maximum absolute atomic E-state index is 9.69. The summed E-state index contributed by atoms with van der Waals surface area (Å²) in [7, 11) is -4.64. The number of rotatable bonds is 0. The van der Waals surface area contributed by atoms with E-state index in [1.54, 1.807) is 0 Å². The molecular weight excluding hydrogens is 192 g/mol. The Balaban J connectivity index is -0.0000000750. The molecule has 0 aromatic carbocycles. The van der Waals surface area contributed by atoms with Gasteiger partial charge in [-0.05, 0) is 0 Å². The van der Waals surface area contributed by atoms with E-state index in [1.807, 2.05) is 0 Å². The first-order valence-electron chi connectivity index (χ1n) is 1.16. The van der Waals surface area contributed by atoms with Crippen LogP contribution in [-0.2, 0) is 4.57 Å². The fourth-order valence-corrected chi connectivity index (χ4v) is 0. The fraction of sp³-hybridized carbons (Fsp3) is 0. The van der Waals surface area contributed by atoms with Crippen molar-refractivity contribution in [1.29, 1.82) is 0 Å². The zero-order chi connectivity index (χ0) is 6.50. The Morgan fingerprint density at radius 3 is 1.25 bits per heavy atom. The first kappa shape index (κ1) is 17.4. The van der Waals surface area contributed by atoms with Crippen LogP contribution in [0.4, 0.5) is -0.211 Å². The van der Waals surface area contributed by atoms with Gasteiger partial charge < -0.3 is 14.7 Å². The molecule has 0 aliphatic rings. The van der Waals surface area contributed by atoms with Gasteiger partial charge in [0.25, 0.3) is 0 Å². The molecule has 0 unspecified atom stereocenters. The predicted octanol–water partition coefficient (Wildman–Crippen LogP) is -1.54. The van der Waals surface area contributed by atoms with Crippen molar-refractivity contribution in [1.82, 2.24) is 0 Å². The van der Waals surface area contributed by atoms with Crippen molar-refractivity contribution < 1.29 is 19.0 Å². The summed E-state index contributed by atoms with van der Waals surface area (Å²) >= 11 is -0.438. The summed E-state index contributed by atoms with van der Waals surface area (Å²) in [6, 6.07) is 0. The topological polar surface area (TPSA) is 77.8 Å². The molecule has 0 saturated heterocycles. The Labute approximate surface area is 124 Å². The molecule has 4 nitrogen and oxygen atoms in total. The molecule has 0 atom stereocenters. The molecule has 0 fully saturated rings. The summed E-state index contributed by atoms with van der Waals surface area (Å²) in [5.41, 5.74) is 0. The first-order chi connectivity index (χ1) is 3.00. The molecule has 0 aromatic rings. The molecule has 0 rings (SSSR count). The zero-order valence-electron chi connectivity index (χ0n) is 3.58. The second-order valence-corrected chi connectivity index (χ2v) is 1.54. The Morgan fingerprint density at radius 2 is 1.25 bits per heavy atom. The summed E-state index contributed by atoms with van der Waals surface area (Å²) < 4.78 is 18.6. The molecule has 8 heavy (non-hydrogen) atoms. The maximum atomic E-state index is 9.69. The van der Waals surface area contributed by atoms with Gasteiger partial charge in [0.15, 0.2) is 0 Å². The Kier molecular flexibility index (Phi) is 22.4. The van der Waals surface area contributed by atoms with Crippen LogP contribution in [-0.4, -0.2) is 116 Å². The number of hydrogen-bond acceptors (Lipinski definition) is 1. The van der Waals surface area contributed by atoms with E-state index in [9.17, 15) is -0.211 Å². The summed E-state index contributed by atoms with van der Waals surface area (Å²) in [6.07, 6.45) is 0. The first-order valence-corrected chi connectivity index (χ1v) is 3.91. The molecule has 0 spiro atoms. The van der Waals surface area contributed by atoms with Crippen LogP contribution < -0.4 is 0 Å². The number of hydrogen-bond donors (Lipinski definition) is 3. The van der Waals surface area contributed by atoms with E-state index in [4.69, 9.17) is 19.2 Å². The van der Waals surface area contributed by atoms with E-state index >= 15 is 0 Å².